The molecule has 1 N–H and O–H groups in total. The normalized spacial score (nSPS) is 14.8. The van der Waals surface area contributed by atoms with Gasteiger partial charge in [-0.2, -0.15) is 0 Å². The van der Waals surface area contributed by atoms with Gasteiger partial charge in [0.05, 0.1) is 12.4 Å². The van der Waals surface area contributed by atoms with E-state index in [2.05, 4.69) is 0 Å². The molecule has 0 spiro atoms. The molecule has 2 nitrogen and oxygen atoms in total. The lowest BCUT2D eigenvalue weighted by molar-refractivity contribution is 0.243. The van der Waals surface area contributed by atoms with E-state index < -0.39 is 0 Å². The fourth-order valence-electron chi connectivity index (χ4n) is 1.16. The smallest absolute Gasteiger partial charge is 0.107 e. The zero-order valence-corrected chi connectivity index (χ0v) is 7.45. The highest BCUT2D eigenvalue weighted by Crippen LogP contribution is 2.08. The molecule has 1 unspecified atom stereocenters. The lowest BCUT2D eigenvalue weighted by atomic mass is 10.1. The Morgan fingerprint density at radius 1 is 1.75 bits per heavy atom. The Bertz CT molecular complexity index is 245. The van der Waals surface area contributed by atoms with Crippen LogP contribution in [0.4, 0.5) is 0 Å². The zero-order chi connectivity index (χ0) is 8.97. The molecule has 2 heteroatoms. The second kappa shape index (κ2) is 4.12. The minimum Gasteiger partial charge on any atom is -0.469 e. The largest absolute Gasteiger partial charge is 0.469 e. The lowest BCUT2D eigenvalue weighted by Crippen LogP contribution is -1.96. The summed E-state index contributed by atoms with van der Waals surface area (Å²) in [6.45, 7) is 3.72. The Labute approximate surface area is 72.5 Å². The first-order chi connectivity index (χ1) is 5.68. The van der Waals surface area contributed by atoms with E-state index >= 15 is 0 Å². The zero-order valence-electron chi connectivity index (χ0n) is 7.45. The van der Waals surface area contributed by atoms with Crippen molar-refractivity contribution in [2.24, 2.45) is 0 Å². The van der Waals surface area contributed by atoms with Gasteiger partial charge in [0.25, 0.3) is 0 Å². The number of hydrogen-bond acceptors (Lipinski definition) is 2. The molecule has 0 amide bonds. The Balaban J connectivity index is 2.52. The average molecular weight is 166 g/mol. The molecular formula is C10H14O2. The maximum Gasteiger partial charge on any atom is 0.107 e. The van der Waals surface area contributed by atoms with Crippen LogP contribution in [0, 0.1) is 0 Å². The van der Waals surface area contributed by atoms with E-state index in [9.17, 15) is 0 Å². The molecule has 0 radical (unpaired) electrons. The summed E-state index contributed by atoms with van der Waals surface area (Å²) in [5.41, 5.74) is 1.12. The number of allylic oxidation sites excluding steroid dienone is 1. The van der Waals surface area contributed by atoms with Crippen LogP contribution in [0.2, 0.25) is 0 Å². The predicted octanol–water partition coefficient (Wildman–Crippen LogP) is 2.15. The van der Waals surface area contributed by atoms with Crippen LogP contribution in [0.25, 0.3) is 0 Å². The van der Waals surface area contributed by atoms with Crippen LogP contribution in [-0.2, 0) is 6.42 Å². The fraction of sp³-hybridized carbons (Fsp3) is 0.400. The van der Waals surface area contributed by atoms with E-state index in [1.807, 2.05) is 25.1 Å². The lowest BCUT2D eigenvalue weighted by Gasteiger charge is -1.99. The first kappa shape index (κ1) is 9.07. The highest BCUT2D eigenvalue weighted by molar-refractivity contribution is 5.11. The van der Waals surface area contributed by atoms with Crippen LogP contribution < -0.4 is 0 Å². The van der Waals surface area contributed by atoms with E-state index in [0.717, 1.165) is 17.8 Å². The second-order valence-electron chi connectivity index (χ2n) is 3.01. The molecule has 0 fully saturated rings. The summed E-state index contributed by atoms with van der Waals surface area (Å²) in [6, 6.07) is 3.80. The Morgan fingerprint density at radius 3 is 3.00 bits per heavy atom. The van der Waals surface area contributed by atoms with Gasteiger partial charge in [-0.15, -0.1) is 0 Å². The van der Waals surface area contributed by atoms with Gasteiger partial charge < -0.3 is 9.52 Å². The number of furan rings is 1. The number of aliphatic hydroxyl groups is 1. The van der Waals surface area contributed by atoms with E-state index in [0.29, 0.717) is 0 Å². The summed E-state index contributed by atoms with van der Waals surface area (Å²) in [5.74, 6) is 0.935. The molecule has 12 heavy (non-hydrogen) atoms. The second-order valence-corrected chi connectivity index (χ2v) is 3.01. The Hall–Kier alpha value is -1.02. The molecule has 0 saturated carbocycles. The molecule has 0 aromatic carbocycles. The molecule has 0 aliphatic carbocycles. The summed E-state index contributed by atoms with van der Waals surface area (Å²) in [4.78, 5) is 0. The third-order valence-corrected chi connectivity index (χ3v) is 1.56. The van der Waals surface area contributed by atoms with Crippen molar-refractivity contribution < 1.29 is 9.52 Å². The van der Waals surface area contributed by atoms with E-state index in [1.54, 1.807) is 13.2 Å². The summed E-state index contributed by atoms with van der Waals surface area (Å²) < 4.78 is 5.16. The Kier molecular flexibility index (Phi) is 3.11. The number of hydrogen-bond donors (Lipinski definition) is 1. The van der Waals surface area contributed by atoms with Gasteiger partial charge in [-0.05, 0) is 26.0 Å². The summed E-state index contributed by atoms with van der Waals surface area (Å²) >= 11 is 0. The van der Waals surface area contributed by atoms with Gasteiger partial charge in [0.2, 0.25) is 0 Å². The van der Waals surface area contributed by atoms with Crippen LogP contribution in [0.3, 0.4) is 0 Å². The molecule has 1 heterocycles. The SMILES string of the molecule is C/C(=C/C(C)O)Cc1ccco1. The minimum atomic E-state index is -0.375. The first-order valence-corrected chi connectivity index (χ1v) is 4.06. The van der Waals surface area contributed by atoms with E-state index in [1.165, 1.54) is 0 Å². The van der Waals surface area contributed by atoms with Gasteiger partial charge in [0, 0.05) is 6.42 Å². The van der Waals surface area contributed by atoms with Crippen molar-refractivity contribution in [2.45, 2.75) is 26.4 Å². The molecule has 0 aliphatic heterocycles. The third-order valence-electron chi connectivity index (χ3n) is 1.56. The van der Waals surface area contributed by atoms with Gasteiger partial charge in [-0.25, -0.2) is 0 Å². The van der Waals surface area contributed by atoms with Crippen molar-refractivity contribution in [1.82, 2.24) is 0 Å². The quantitative estimate of drug-likeness (QED) is 0.698. The molecule has 1 atom stereocenters. The van der Waals surface area contributed by atoms with Crippen molar-refractivity contribution >= 4 is 0 Å². The summed E-state index contributed by atoms with van der Waals surface area (Å²) in [5, 5.41) is 9.04. The molecule has 0 bridgehead atoms. The van der Waals surface area contributed by atoms with Crippen LogP contribution in [-0.4, -0.2) is 11.2 Å². The van der Waals surface area contributed by atoms with Gasteiger partial charge in [0.1, 0.15) is 5.76 Å². The van der Waals surface area contributed by atoms with Crippen molar-refractivity contribution in [3.63, 3.8) is 0 Å². The molecular weight excluding hydrogens is 152 g/mol. The summed E-state index contributed by atoms with van der Waals surface area (Å²) in [6.07, 6.45) is 3.88. The van der Waals surface area contributed by atoms with E-state index in [-0.39, 0.29) is 6.10 Å². The molecule has 1 rings (SSSR count). The Morgan fingerprint density at radius 2 is 2.50 bits per heavy atom. The standard InChI is InChI=1S/C10H14O2/c1-8(6-9(2)11)7-10-4-3-5-12-10/h3-6,9,11H,7H2,1-2H3/b8-6-. The molecule has 0 aliphatic rings. The molecule has 1 aromatic rings. The van der Waals surface area contributed by atoms with Gasteiger partial charge in [-0.1, -0.05) is 11.6 Å². The van der Waals surface area contributed by atoms with Crippen molar-refractivity contribution in [1.29, 1.82) is 0 Å². The van der Waals surface area contributed by atoms with Crippen LogP contribution in [0.1, 0.15) is 19.6 Å². The van der Waals surface area contributed by atoms with Crippen molar-refractivity contribution in [3.05, 3.63) is 35.8 Å². The number of aliphatic hydroxyl groups excluding tert-OH is 1. The fourth-order valence-corrected chi connectivity index (χ4v) is 1.16. The monoisotopic (exact) mass is 166 g/mol. The maximum absolute atomic E-state index is 9.04. The maximum atomic E-state index is 9.04. The molecule has 66 valence electrons. The number of rotatable bonds is 3. The topological polar surface area (TPSA) is 33.4 Å². The molecule has 0 saturated heterocycles. The van der Waals surface area contributed by atoms with E-state index in [4.69, 9.17) is 9.52 Å². The summed E-state index contributed by atoms with van der Waals surface area (Å²) in [7, 11) is 0. The van der Waals surface area contributed by atoms with Crippen LogP contribution in [0.5, 0.6) is 0 Å². The van der Waals surface area contributed by atoms with Crippen molar-refractivity contribution in [2.75, 3.05) is 0 Å². The first-order valence-electron chi connectivity index (χ1n) is 4.06. The predicted molar refractivity (Wildman–Crippen MR) is 47.8 cm³/mol. The van der Waals surface area contributed by atoms with Crippen LogP contribution in [0.15, 0.2) is 34.5 Å². The molecule has 1 aromatic heterocycles. The van der Waals surface area contributed by atoms with Gasteiger partial charge >= 0.3 is 0 Å². The van der Waals surface area contributed by atoms with Gasteiger partial charge in [-0.3, -0.25) is 0 Å². The third kappa shape index (κ3) is 2.93. The average Bonchev–Trinajstić information content (AvgIpc) is 2.37. The van der Waals surface area contributed by atoms with Gasteiger partial charge in [0.15, 0.2) is 0 Å². The highest BCUT2D eigenvalue weighted by atomic mass is 16.3. The highest BCUT2D eigenvalue weighted by Gasteiger charge is 1.97. The van der Waals surface area contributed by atoms with Crippen LogP contribution >= 0.6 is 0 Å². The van der Waals surface area contributed by atoms with Crippen molar-refractivity contribution in [3.8, 4) is 0 Å². The minimum absolute atomic E-state index is 0.375.